The Morgan fingerprint density at radius 2 is 2.16 bits per heavy atom. The number of nitrogens with zero attached hydrogens (tertiary/aromatic N) is 1. The Labute approximate surface area is 110 Å². The van der Waals surface area contributed by atoms with Gasteiger partial charge in [-0.25, -0.2) is 9.59 Å². The average molecular weight is 267 g/mol. The first kappa shape index (κ1) is 13.4. The number of nitrogens with one attached hydrogen (secondary N) is 2. The van der Waals surface area contributed by atoms with Gasteiger partial charge in [0.15, 0.2) is 0 Å². The van der Waals surface area contributed by atoms with E-state index in [0.717, 1.165) is 12.8 Å². The summed E-state index contributed by atoms with van der Waals surface area (Å²) in [6.45, 7) is 1.97. The van der Waals surface area contributed by atoms with E-state index in [1.807, 2.05) is 0 Å². The van der Waals surface area contributed by atoms with Crippen molar-refractivity contribution >= 4 is 12.0 Å². The predicted molar refractivity (Wildman–Crippen MR) is 65.4 cm³/mol. The molecule has 1 aromatic heterocycles. The maximum Gasteiger partial charge on any atom is 0.329 e. The zero-order chi connectivity index (χ0) is 13.9. The first-order valence-electron chi connectivity index (χ1n) is 6.23. The largest absolute Gasteiger partial charge is 0.480 e. The summed E-state index contributed by atoms with van der Waals surface area (Å²) in [4.78, 5) is 23.0. The molecule has 0 atom stereocenters. The van der Waals surface area contributed by atoms with Crippen LogP contribution in [0.5, 0.6) is 0 Å². The molecule has 104 valence electrons. The van der Waals surface area contributed by atoms with Crippen molar-refractivity contribution in [2.45, 2.75) is 44.7 Å². The van der Waals surface area contributed by atoms with Crippen LogP contribution in [0.15, 0.2) is 10.6 Å². The summed E-state index contributed by atoms with van der Waals surface area (Å²) in [7, 11) is 0. The summed E-state index contributed by atoms with van der Waals surface area (Å²) < 4.78 is 4.87. The number of aliphatic carboxylic acids is 1. The number of urea groups is 1. The third kappa shape index (κ3) is 3.04. The van der Waals surface area contributed by atoms with E-state index in [1.54, 1.807) is 13.0 Å². The topological polar surface area (TPSA) is 104 Å². The standard InChI is InChI=1S/C12H17N3O4/c1-8-6-9(15-19-8)7-13-11(18)14-12(10(16)17)4-2-3-5-12/h6H,2-5,7H2,1H3,(H,16,17)(H2,13,14,18). The van der Waals surface area contributed by atoms with Crippen LogP contribution in [-0.4, -0.2) is 27.8 Å². The normalized spacial score (nSPS) is 17.1. The average Bonchev–Trinajstić information content (AvgIpc) is 2.97. The Hall–Kier alpha value is -2.05. The lowest BCUT2D eigenvalue weighted by Gasteiger charge is -2.25. The summed E-state index contributed by atoms with van der Waals surface area (Å²) in [6.07, 6.45) is 2.57. The smallest absolute Gasteiger partial charge is 0.329 e. The maximum absolute atomic E-state index is 11.7. The molecule has 0 spiro atoms. The fourth-order valence-corrected chi connectivity index (χ4v) is 2.30. The summed E-state index contributed by atoms with van der Waals surface area (Å²) in [6, 6.07) is 1.22. The van der Waals surface area contributed by atoms with Gasteiger partial charge in [0.1, 0.15) is 17.0 Å². The van der Waals surface area contributed by atoms with Crippen molar-refractivity contribution in [1.82, 2.24) is 15.8 Å². The van der Waals surface area contributed by atoms with E-state index < -0.39 is 17.5 Å². The second kappa shape index (κ2) is 5.29. The molecular weight excluding hydrogens is 250 g/mol. The van der Waals surface area contributed by atoms with Gasteiger partial charge in [0, 0.05) is 6.07 Å². The molecule has 1 aliphatic rings. The third-order valence-electron chi connectivity index (χ3n) is 3.33. The molecule has 2 amide bonds. The highest BCUT2D eigenvalue weighted by molar-refractivity contribution is 5.86. The molecule has 0 bridgehead atoms. The van der Waals surface area contributed by atoms with Crippen molar-refractivity contribution in [3.05, 3.63) is 17.5 Å². The first-order valence-corrected chi connectivity index (χ1v) is 6.23. The number of aromatic nitrogens is 1. The van der Waals surface area contributed by atoms with Gasteiger partial charge in [-0.3, -0.25) is 0 Å². The first-order chi connectivity index (χ1) is 9.02. The van der Waals surface area contributed by atoms with Crippen LogP contribution in [0.4, 0.5) is 4.79 Å². The third-order valence-corrected chi connectivity index (χ3v) is 3.33. The second-order valence-electron chi connectivity index (χ2n) is 4.83. The molecule has 7 nitrogen and oxygen atoms in total. The maximum atomic E-state index is 11.7. The highest BCUT2D eigenvalue weighted by Gasteiger charge is 2.42. The lowest BCUT2D eigenvalue weighted by molar-refractivity contribution is -0.144. The van der Waals surface area contributed by atoms with E-state index in [0.29, 0.717) is 24.3 Å². The zero-order valence-corrected chi connectivity index (χ0v) is 10.7. The lowest BCUT2D eigenvalue weighted by Crippen LogP contribution is -2.55. The molecule has 3 N–H and O–H groups in total. The molecule has 0 unspecified atom stereocenters. The van der Waals surface area contributed by atoms with Gasteiger partial charge >= 0.3 is 12.0 Å². The van der Waals surface area contributed by atoms with E-state index >= 15 is 0 Å². The number of aryl methyl sites for hydroxylation is 1. The minimum absolute atomic E-state index is 0.207. The second-order valence-corrected chi connectivity index (χ2v) is 4.83. The molecule has 7 heteroatoms. The fraction of sp³-hybridized carbons (Fsp3) is 0.583. The van der Waals surface area contributed by atoms with Crippen molar-refractivity contribution in [3.63, 3.8) is 0 Å². The SMILES string of the molecule is Cc1cc(CNC(=O)NC2(C(=O)O)CCCC2)no1. The quantitative estimate of drug-likeness (QED) is 0.759. The molecule has 0 radical (unpaired) electrons. The van der Waals surface area contributed by atoms with Crippen molar-refractivity contribution in [2.24, 2.45) is 0 Å². The Morgan fingerprint density at radius 1 is 1.47 bits per heavy atom. The van der Waals surface area contributed by atoms with Crippen molar-refractivity contribution in [3.8, 4) is 0 Å². The minimum Gasteiger partial charge on any atom is -0.480 e. The number of hydrogen-bond donors (Lipinski definition) is 3. The van der Waals surface area contributed by atoms with E-state index in [4.69, 9.17) is 4.52 Å². The highest BCUT2D eigenvalue weighted by Crippen LogP contribution is 2.29. The molecule has 1 heterocycles. The molecule has 0 aromatic carbocycles. The van der Waals surface area contributed by atoms with Crippen LogP contribution < -0.4 is 10.6 Å². The van der Waals surface area contributed by atoms with E-state index in [1.165, 1.54) is 0 Å². The van der Waals surface area contributed by atoms with Gasteiger partial charge < -0.3 is 20.3 Å². The number of rotatable bonds is 4. The predicted octanol–water partition coefficient (Wildman–Crippen LogP) is 1.18. The molecule has 1 aliphatic carbocycles. The van der Waals surface area contributed by atoms with Gasteiger partial charge in [0.25, 0.3) is 0 Å². The Balaban J connectivity index is 1.88. The Morgan fingerprint density at radius 3 is 2.68 bits per heavy atom. The van der Waals surface area contributed by atoms with Gasteiger partial charge in [-0.05, 0) is 19.8 Å². The fourth-order valence-electron chi connectivity index (χ4n) is 2.30. The summed E-state index contributed by atoms with van der Waals surface area (Å²) in [5, 5.41) is 18.1. The monoisotopic (exact) mass is 267 g/mol. The molecule has 1 aromatic rings. The van der Waals surface area contributed by atoms with Gasteiger partial charge in [-0.2, -0.15) is 0 Å². The molecule has 0 aliphatic heterocycles. The van der Waals surface area contributed by atoms with Crippen LogP contribution in [0.2, 0.25) is 0 Å². The number of hydrogen-bond acceptors (Lipinski definition) is 4. The van der Waals surface area contributed by atoms with Crippen LogP contribution in [0.3, 0.4) is 0 Å². The van der Waals surface area contributed by atoms with Crippen LogP contribution in [0, 0.1) is 6.92 Å². The molecule has 2 rings (SSSR count). The summed E-state index contributed by atoms with van der Waals surface area (Å²) in [5.41, 5.74) is -0.521. The van der Waals surface area contributed by atoms with Crippen LogP contribution >= 0.6 is 0 Å². The Kier molecular flexibility index (Phi) is 3.73. The number of carboxylic acid groups (broad SMARTS) is 1. The Bertz CT molecular complexity index is 477. The zero-order valence-electron chi connectivity index (χ0n) is 10.7. The van der Waals surface area contributed by atoms with Gasteiger partial charge in [-0.1, -0.05) is 18.0 Å². The molecule has 1 fully saturated rings. The number of carbonyl (C=O) groups excluding carboxylic acids is 1. The van der Waals surface area contributed by atoms with Crippen molar-refractivity contribution < 1.29 is 19.2 Å². The van der Waals surface area contributed by atoms with E-state index in [-0.39, 0.29) is 6.54 Å². The molecule has 19 heavy (non-hydrogen) atoms. The van der Waals surface area contributed by atoms with Crippen molar-refractivity contribution in [2.75, 3.05) is 0 Å². The highest BCUT2D eigenvalue weighted by atomic mass is 16.5. The van der Waals surface area contributed by atoms with Gasteiger partial charge in [-0.15, -0.1) is 0 Å². The lowest BCUT2D eigenvalue weighted by atomic mass is 9.98. The van der Waals surface area contributed by atoms with E-state index in [9.17, 15) is 14.7 Å². The molecular formula is C12H17N3O4. The van der Waals surface area contributed by atoms with Gasteiger partial charge in [0.2, 0.25) is 0 Å². The van der Waals surface area contributed by atoms with Crippen LogP contribution in [-0.2, 0) is 11.3 Å². The van der Waals surface area contributed by atoms with Gasteiger partial charge in [0.05, 0.1) is 6.54 Å². The summed E-state index contributed by atoms with van der Waals surface area (Å²) >= 11 is 0. The van der Waals surface area contributed by atoms with E-state index in [2.05, 4.69) is 15.8 Å². The summed E-state index contributed by atoms with van der Waals surface area (Å²) in [5.74, 6) is -0.313. The number of amides is 2. The molecule has 1 saturated carbocycles. The van der Waals surface area contributed by atoms with Crippen LogP contribution in [0.1, 0.15) is 37.1 Å². The molecule has 0 saturated heterocycles. The number of carboxylic acids is 1. The van der Waals surface area contributed by atoms with Crippen LogP contribution in [0.25, 0.3) is 0 Å². The van der Waals surface area contributed by atoms with Crippen molar-refractivity contribution in [1.29, 1.82) is 0 Å². The minimum atomic E-state index is -1.12. The number of carbonyl (C=O) groups is 2.